The Kier molecular flexibility index (Phi) is 5.99. The van der Waals surface area contributed by atoms with Gasteiger partial charge in [0.15, 0.2) is 6.61 Å². The van der Waals surface area contributed by atoms with Crippen molar-refractivity contribution >= 4 is 28.6 Å². The van der Waals surface area contributed by atoms with Gasteiger partial charge < -0.3 is 15.0 Å². The molecule has 6 heteroatoms. The minimum absolute atomic E-state index is 0.00782. The zero-order valence-electron chi connectivity index (χ0n) is 18.8. The Hall–Kier alpha value is -3.41. The Morgan fingerprint density at radius 2 is 1.70 bits per heavy atom. The molecule has 0 atom stereocenters. The number of hydrogen-bond donors (Lipinski definition) is 1. The summed E-state index contributed by atoms with van der Waals surface area (Å²) in [7, 11) is 0. The minimum Gasteiger partial charge on any atom is -0.452 e. The summed E-state index contributed by atoms with van der Waals surface area (Å²) in [4.78, 5) is 32.4. The molecule has 1 aliphatic heterocycles. The zero-order valence-corrected chi connectivity index (χ0v) is 18.8. The fourth-order valence-corrected chi connectivity index (χ4v) is 4.92. The van der Waals surface area contributed by atoms with Gasteiger partial charge in [-0.25, -0.2) is 9.78 Å². The average molecular weight is 444 g/mol. The summed E-state index contributed by atoms with van der Waals surface area (Å²) in [5.41, 5.74) is 2.51. The first kappa shape index (κ1) is 21.4. The number of nitrogens with one attached hydrogen (secondary N) is 1. The fourth-order valence-electron chi connectivity index (χ4n) is 4.92. The number of carbonyl (C=O) groups excluding carboxylic acids is 2. The molecule has 0 unspecified atom stereocenters. The molecule has 2 aromatic carbocycles. The molecule has 1 aliphatic carbocycles. The molecule has 2 aliphatic rings. The Balaban J connectivity index is 1.25. The van der Waals surface area contributed by atoms with E-state index in [2.05, 4.69) is 22.3 Å². The smallest absolute Gasteiger partial charge is 0.342 e. The van der Waals surface area contributed by atoms with Crippen LogP contribution in [0.3, 0.4) is 0 Å². The van der Waals surface area contributed by atoms with Crippen LogP contribution >= 0.6 is 0 Å². The lowest BCUT2D eigenvalue weighted by Crippen LogP contribution is -2.46. The molecule has 1 N–H and O–H groups in total. The Morgan fingerprint density at radius 1 is 0.970 bits per heavy atom. The second-order valence-corrected chi connectivity index (χ2v) is 9.10. The van der Waals surface area contributed by atoms with Crippen molar-refractivity contribution in [3.8, 4) is 0 Å². The molecular formula is C27H29N3O3. The molecule has 6 nitrogen and oxygen atoms in total. The number of pyridine rings is 1. The van der Waals surface area contributed by atoms with Crippen LogP contribution in [0.5, 0.6) is 0 Å². The zero-order chi connectivity index (χ0) is 22.7. The van der Waals surface area contributed by atoms with Crippen molar-refractivity contribution in [2.75, 3.05) is 31.1 Å². The molecule has 0 bridgehead atoms. The summed E-state index contributed by atoms with van der Waals surface area (Å²) in [5, 5.41) is 3.87. The van der Waals surface area contributed by atoms with Gasteiger partial charge in [0.25, 0.3) is 5.91 Å². The quantitative estimate of drug-likeness (QED) is 0.554. The van der Waals surface area contributed by atoms with Crippen LogP contribution in [-0.4, -0.2) is 43.1 Å². The number of ether oxygens (including phenoxy) is 1. The number of para-hydroxylation sites is 1. The third-order valence-corrected chi connectivity index (χ3v) is 6.98. The highest BCUT2D eigenvalue weighted by Crippen LogP contribution is 2.43. The highest BCUT2D eigenvalue weighted by molar-refractivity contribution is 6.00. The van der Waals surface area contributed by atoms with Crippen LogP contribution in [-0.2, 0) is 14.9 Å². The first-order chi connectivity index (χ1) is 16.1. The van der Waals surface area contributed by atoms with Gasteiger partial charge in [-0.15, -0.1) is 0 Å². The van der Waals surface area contributed by atoms with Crippen LogP contribution in [0.1, 0.15) is 48.0 Å². The first-order valence-electron chi connectivity index (χ1n) is 11.8. The Morgan fingerprint density at radius 3 is 2.42 bits per heavy atom. The number of rotatable bonds is 7. The summed E-state index contributed by atoms with van der Waals surface area (Å²) < 4.78 is 5.44. The van der Waals surface area contributed by atoms with E-state index in [-0.39, 0.29) is 17.9 Å². The molecule has 170 valence electrons. The van der Waals surface area contributed by atoms with Crippen LogP contribution in [0, 0.1) is 0 Å². The topological polar surface area (TPSA) is 71.5 Å². The molecule has 1 aromatic heterocycles. The number of esters is 1. The molecule has 0 radical (unpaired) electrons. The molecular weight excluding hydrogens is 414 g/mol. The number of nitrogens with zero attached hydrogens (tertiary/aromatic N) is 2. The van der Waals surface area contributed by atoms with E-state index in [0.29, 0.717) is 17.9 Å². The van der Waals surface area contributed by atoms with Crippen LogP contribution in [0.15, 0.2) is 60.7 Å². The van der Waals surface area contributed by atoms with Crippen LogP contribution < -0.4 is 10.2 Å². The van der Waals surface area contributed by atoms with Gasteiger partial charge in [-0.05, 0) is 43.4 Å². The number of aromatic nitrogens is 1. The van der Waals surface area contributed by atoms with Crippen LogP contribution in [0.25, 0.3) is 10.9 Å². The van der Waals surface area contributed by atoms with E-state index in [1.165, 1.54) is 5.56 Å². The van der Waals surface area contributed by atoms with Gasteiger partial charge in [-0.3, -0.25) is 4.79 Å². The maximum absolute atomic E-state index is 13.0. The van der Waals surface area contributed by atoms with Gasteiger partial charge in [0.05, 0.1) is 5.52 Å². The predicted octanol–water partition coefficient (Wildman–Crippen LogP) is 4.23. The number of amides is 1. The monoisotopic (exact) mass is 443 g/mol. The number of benzene rings is 2. The van der Waals surface area contributed by atoms with E-state index < -0.39 is 5.97 Å². The second-order valence-electron chi connectivity index (χ2n) is 9.10. The first-order valence-corrected chi connectivity index (χ1v) is 11.8. The Bertz CT molecular complexity index is 1150. The van der Waals surface area contributed by atoms with Crippen molar-refractivity contribution in [3.63, 3.8) is 0 Å². The fraction of sp³-hybridized carbons (Fsp3) is 0.370. The highest BCUT2D eigenvalue weighted by atomic mass is 16.5. The molecule has 5 rings (SSSR count). The lowest BCUT2D eigenvalue weighted by atomic mass is 9.64. The van der Waals surface area contributed by atoms with Crippen LogP contribution in [0.4, 0.5) is 5.82 Å². The summed E-state index contributed by atoms with van der Waals surface area (Å²) in [6.07, 6.45) is 5.43. The van der Waals surface area contributed by atoms with E-state index in [1.807, 2.05) is 48.5 Å². The van der Waals surface area contributed by atoms with Gasteiger partial charge in [0.2, 0.25) is 0 Å². The summed E-state index contributed by atoms with van der Waals surface area (Å²) >= 11 is 0. The third kappa shape index (κ3) is 4.42. The molecule has 3 aromatic rings. The van der Waals surface area contributed by atoms with Crippen molar-refractivity contribution < 1.29 is 14.3 Å². The molecule has 1 amide bonds. The van der Waals surface area contributed by atoms with E-state index in [9.17, 15) is 9.59 Å². The standard InChI is InChI=1S/C27H29N3O3/c31-24(28-19-27(13-8-14-27)21-10-2-1-3-11-21)18-33-26(32)22-17-20-9-4-5-12-23(20)29-25(22)30-15-6-7-16-30/h1-5,9-12,17H,6-8,13-16,18-19H2,(H,28,31). The maximum atomic E-state index is 13.0. The second kappa shape index (κ2) is 9.22. The van der Waals surface area contributed by atoms with Crippen molar-refractivity contribution in [3.05, 3.63) is 71.8 Å². The number of hydrogen-bond acceptors (Lipinski definition) is 5. The molecule has 33 heavy (non-hydrogen) atoms. The Labute approximate surface area is 194 Å². The summed E-state index contributed by atoms with van der Waals surface area (Å²) in [6, 6.07) is 19.9. The van der Waals surface area contributed by atoms with E-state index >= 15 is 0 Å². The van der Waals surface area contributed by atoms with Crippen molar-refractivity contribution in [1.82, 2.24) is 10.3 Å². The molecule has 0 spiro atoms. The normalized spacial score (nSPS) is 16.9. The van der Waals surface area contributed by atoms with E-state index in [1.54, 1.807) is 0 Å². The van der Waals surface area contributed by atoms with Gasteiger partial charge in [0.1, 0.15) is 11.4 Å². The van der Waals surface area contributed by atoms with Gasteiger partial charge in [-0.1, -0.05) is 55.0 Å². The molecule has 2 heterocycles. The SMILES string of the molecule is O=C(COC(=O)c1cc2ccccc2nc1N1CCCC1)NCC1(c2ccccc2)CCC1. The van der Waals surface area contributed by atoms with Gasteiger partial charge in [0, 0.05) is 30.4 Å². The van der Waals surface area contributed by atoms with Gasteiger partial charge in [-0.2, -0.15) is 0 Å². The highest BCUT2D eigenvalue weighted by Gasteiger charge is 2.38. The van der Waals surface area contributed by atoms with E-state index in [4.69, 9.17) is 9.72 Å². The maximum Gasteiger partial charge on any atom is 0.342 e. The van der Waals surface area contributed by atoms with Crippen molar-refractivity contribution in [2.45, 2.75) is 37.5 Å². The predicted molar refractivity (Wildman–Crippen MR) is 128 cm³/mol. The largest absolute Gasteiger partial charge is 0.452 e. The summed E-state index contributed by atoms with van der Waals surface area (Å²) in [5.74, 6) is -0.136. The minimum atomic E-state index is -0.508. The lowest BCUT2D eigenvalue weighted by molar-refractivity contribution is -0.124. The van der Waals surface area contributed by atoms with E-state index in [0.717, 1.165) is 56.1 Å². The average Bonchev–Trinajstić information content (AvgIpc) is 3.36. The molecule has 1 saturated carbocycles. The number of carbonyl (C=O) groups is 2. The van der Waals surface area contributed by atoms with Crippen LogP contribution in [0.2, 0.25) is 0 Å². The van der Waals surface area contributed by atoms with Gasteiger partial charge >= 0.3 is 5.97 Å². The number of fused-ring (bicyclic) bond motifs is 1. The summed E-state index contributed by atoms with van der Waals surface area (Å²) in [6.45, 7) is 2.00. The molecule has 1 saturated heterocycles. The number of anilines is 1. The molecule has 2 fully saturated rings. The van der Waals surface area contributed by atoms with Crippen molar-refractivity contribution in [2.24, 2.45) is 0 Å². The third-order valence-electron chi connectivity index (χ3n) is 6.98. The van der Waals surface area contributed by atoms with Crippen molar-refractivity contribution in [1.29, 1.82) is 0 Å². The lowest BCUT2D eigenvalue weighted by Gasteiger charge is -2.42.